The van der Waals surface area contributed by atoms with Gasteiger partial charge in [0.05, 0.1) is 13.3 Å². The molecule has 0 saturated carbocycles. The van der Waals surface area contributed by atoms with Gasteiger partial charge in [-0.3, -0.25) is 4.40 Å². The minimum Gasteiger partial charge on any atom is -0.465 e. The van der Waals surface area contributed by atoms with Crippen LogP contribution in [-0.2, 0) is 4.74 Å². The van der Waals surface area contributed by atoms with Gasteiger partial charge in [-0.2, -0.15) is 0 Å². The minimum absolute atomic E-state index is 0.0878. The van der Waals surface area contributed by atoms with E-state index in [1.54, 1.807) is 6.20 Å². The lowest BCUT2D eigenvalue weighted by Gasteiger charge is -2.02. The number of hydrogen-bond donors (Lipinski definition) is 0. The summed E-state index contributed by atoms with van der Waals surface area (Å²) in [6, 6.07) is 1.35. The Morgan fingerprint density at radius 3 is 3.07 bits per heavy atom. The van der Waals surface area contributed by atoms with Gasteiger partial charge in [-0.25, -0.2) is 14.2 Å². The summed E-state index contributed by atoms with van der Waals surface area (Å²) >= 11 is 3.20. The van der Waals surface area contributed by atoms with E-state index in [-0.39, 0.29) is 11.2 Å². The topological polar surface area (TPSA) is 43.6 Å². The second kappa shape index (κ2) is 3.62. The molecule has 2 rings (SSSR count). The number of carbonyl (C=O) groups excluding carboxylic acids is 1. The molecule has 0 bridgehead atoms. The van der Waals surface area contributed by atoms with E-state index in [0.717, 1.165) is 0 Å². The number of hydrogen-bond acceptors (Lipinski definition) is 3. The van der Waals surface area contributed by atoms with E-state index in [1.807, 2.05) is 0 Å². The molecule has 4 nitrogen and oxygen atoms in total. The van der Waals surface area contributed by atoms with Gasteiger partial charge < -0.3 is 4.74 Å². The molecule has 2 aromatic rings. The van der Waals surface area contributed by atoms with Gasteiger partial charge >= 0.3 is 5.97 Å². The molecule has 0 aliphatic heterocycles. The highest BCUT2D eigenvalue weighted by Crippen LogP contribution is 2.18. The fourth-order valence-electron chi connectivity index (χ4n) is 1.25. The molecule has 0 aromatic carbocycles. The number of imidazole rings is 1. The van der Waals surface area contributed by atoms with Gasteiger partial charge in [0.2, 0.25) is 0 Å². The van der Waals surface area contributed by atoms with Crippen LogP contribution in [0.2, 0.25) is 0 Å². The third-order valence-corrected chi connectivity index (χ3v) is 2.57. The molecule has 2 heterocycles. The third kappa shape index (κ3) is 1.50. The van der Waals surface area contributed by atoms with Crippen molar-refractivity contribution in [3.8, 4) is 0 Å². The summed E-state index contributed by atoms with van der Waals surface area (Å²) in [5.41, 5.74) is -0.0344. The first kappa shape index (κ1) is 10.1. The van der Waals surface area contributed by atoms with Gasteiger partial charge in [-0.1, -0.05) is 0 Å². The second-order valence-corrected chi connectivity index (χ2v) is 3.62. The quantitative estimate of drug-likeness (QED) is 0.746. The van der Waals surface area contributed by atoms with Crippen LogP contribution in [0.25, 0.3) is 5.65 Å². The Kier molecular flexibility index (Phi) is 2.44. The monoisotopic (exact) mass is 272 g/mol. The normalized spacial score (nSPS) is 10.6. The zero-order valence-electron chi connectivity index (χ0n) is 7.70. The van der Waals surface area contributed by atoms with Crippen LogP contribution in [0.1, 0.15) is 10.4 Å². The highest BCUT2D eigenvalue weighted by atomic mass is 79.9. The van der Waals surface area contributed by atoms with E-state index in [1.165, 1.54) is 23.8 Å². The number of rotatable bonds is 1. The molecule has 0 aliphatic carbocycles. The van der Waals surface area contributed by atoms with Crippen molar-refractivity contribution in [3.63, 3.8) is 0 Å². The Bertz CT molecular complexity index is 538. The summed E-state index contributed by atoms with van der Waals surface area (Å²) < 4.78 is 20.3. The molecule has 0 aliphatic rings. The second-order valence-electron chi connectivity index (χ2n) is 2.81. The first-order valence-corrected chi connectivity index (χ1v) is 4.84. The summed E-state index contributed by atoms with van der Waals surface area (Å²) in [6.45, 7) is 0. The summed E-state index contributed by atoms with van der Waals surface area (Å²) in [7, 11) is 1.20. The Hall–Kier alpha value is -1.43. The number of halogens is 2. The number of aromatic nitrogens is 2. The van der Waals surface area contributed by atoms with Crippen molar-refractivity contribution in [1.29, 1.82) is 0 Å². The molecule has 0 fully saturated rings. The maximum Gasteiger partial charge on any atom is 0.341 e. The first-order valence-electron chi connectivity index (χ1n) is 4.04. The van der Waals surface area contributed by atoms with Gasteiger partial charge in [0.25, 0.3) is 0 Å². The fourth-order valence-corrected chi connectivity index (χ4v) is 1.64. The molecule has 2 aromatic heterocycles. The molecule has 0 unspecified atom stereocenters. The fraction of sp³-hybridized carbons (Fsp3) is 0.111. The number of carbonyl (C=O) groups is 1. The standard InChI is InChI=1S/C9H6BrFN2O2/c1-15-9(14)5-2-3-13-6(10)4-12-8(13)7(5)11/h2-4H,1H3. The van der Waals surface area contributed by atoms with Gasteiger partial charge in [-0.15, -0.1) is 0 Å². The zero-order valence-corrected chi connectivity index (χ0v) is 9.28. The number of fused-ring (bicyclic) bond motifs is 1. The predicted octanol–water partition coefficient (Wildman–Crippen LogP) is 2.02. The Morgan fingerprint density at radius 2 is 2.40 bits per heavy atom. The van der Waals surface area contributed by atoms with Crippen molar-refractivity contribution >= 4 is 27.5 Å². The predicted molar refractivity (Wildman–Crippen MR) is 54.2 cm³/mol. The molecule has 78 valence electrons. The Labute approximate surface area is 92.8 Å². The van der Waals surface area contributed by atoms with Crippen molar-refractivity contribution < 1.29 is 13.9 Å². The molecular weight excluding hydrogens is 267 g/mol. The minimum atomic E-state index is -0.714. The lowest BCUT2D eigenvalue weighted by molar-refractivity contribution is 0.0595. The van der Waals surface area contributed by atoms with E-state index < -0.39 is 11.8 Å². The molecule has 0 N–H and O–H groups in total. The largest absolute Gasteiger partial charge is 0.465 e. The van der Waals surface area contributed by atoms with Crippen LogP contribution in [0.4, 0.5) is 4.39 Å². The highest BCUT2D eigenvalue weighted by molar-refractivity contribution is 9.10. The van der Waals surface area contributed by atoms with Crippen molar-refractivity contribution in [1.82, 2.24) is 9.38 Å². The molecule has 0 spiro atoms. The van der Waals surface area contributed by atoms with E-state index in [0.29, 0.717) is 4.60 Å². The van der Waals surface area contributed by atoms with Gasteiger partial charge in [0.15, 0.2) is 11.5 Å². The van der Waals surface area contributed by atoms with Crippen LogP contribution in [0.3, 0.4) is 0 Å². The average Bonchev–Trinajstić information content (AvgIpc) is 2.61. The lowest BCUT2D eigenvalue weighted by Crippen LogP contribution is -2.06. The molecule has 6 heteroatoms. The van der Waals surface area contributed by atoms with E-state index in [9.17, 15) is 9.18 Å². The van der Waals surface area contributed by atoms with Gasteiger partial charge in [-0.05, 0) is 22.0 Å². The number of ether oxygens (including phenoxy) is 1. The van der Waals surface area contributed by atoms with Crippen LogP contribution in [0.15, 0.2) is 23.1 Å². The Morgan fingerprint density at radius 1 is 1.67 bits per heavy atom. The molecule has 0 amide bonds. The Balaban J connectivity index is 2.71. The lowest BCUT2D eigenvalue weighted by atomic mass is 10.2. The smallest absolute Gasteiger partial charge is 0.341 e. The maximum atomic E-state index is 13.7. The zero-order chi connectivity index (χ0) is 11.0. The molecule has 0 saturated heterocycles. The molecular formula is C9H6BrFN2O2. The van der Waals surface area contributed by atoms with Crippen molar-refractivity contribution in [2.45, 2.75) is 0 Å². The van der Waals surface area contributed by atoms with Gasteiger partial charge in [0, 0.05) is 6.20 Å². The molecule has 0 radical (unpaired) electrons. The van der Waals surface area contributed by atoms with Crippen molar-refractivity contribution in [3.05, 3.63) is 34.4 Å². The number of esters is 1. The summed E-state index contributed by atoms with van der Waals surface area (Å²) in [6.07, 6.45) is 3.00. The molecule has 0 atom stereocenters. The maximum absolute atomic E-state index is 13.7. The van der Waals surface area contributed by atoms with Crippen molar-refractivity contribution in [2.24, 2.45) is 0 Å². The summed E-state index contributed by atoms with van der Waals surface area (Å²) in [5, 5.41) is 0. The SMILES string of the molecule is COC(=O)c1ccn2c(Br)cnc2c1F. The van der Waals surface area contributed by atoms with Crippen LogP contribution in [-0.4, -0.2) is 22.5 Å². The summed E-state index contributed by atoms with van der Waals surface area (Å²) in [4.78, 5) is 15.0. The molecule has 15 heavy (non-hydrogen) atoms. The number of nitrogens with zero attached hydrogens (tertiary/aromatic N) is 2. The van der Waals surface area contributed by atoms with E-state index >= 15 is 0 Å². The van der Waals surface area contributed by atoms with E-state index in [2.05, 4.69) is 25.7 Å². The third-order valence-electron chi connectivity index (χ3n) is 1.98. The average molecular weight is 273 g/mol. The van der Waals surface area contributed by atoms with E-state index in [4.69, 9.17) is 0 Å². The number of methoxy groups -OCH3 is 1. The van der Waals surface area contributed by atoms with Crippen LogP contribution < -0.4 is 0 Å². The van der Waals surface area contributed by atoms with Crippen molar-refractivity contribution in [2.75, 3.05) is 7.11 Å². The van der Waals surface area contributed by atoms with Crippen LogP contribution >= 0.6 is 15.9 Å². The summed E-state index contributed by atoms with van der Waals surface area (Å²) in [5.74, 6) is -1.40. The first-order chi connectivity index (χ1) is 7.15. The highest BCUT2D eigenvalue weighted by Gasteiger charge is 2.16. The van der Waals surface area contributed by atoms with Gasteiger partial charge in [0.1, 0.15) is 10.2 Å². The van der Waals surface area contributed by atoms with Crippen LogP contribution in [0, 0.1) is 5.82 Å². The number of pyridine rings is 1. The van der Waals surface area contributed by atoms with Crippen LogP contribution in [0.5, 0.6) is 0 Å².